The van der Waals surface area contributed by atoms with Crippen LogP contribution in [0.1, 0.15) is 16.3 Å². The molecule has 4 nitrogen and oxygen atoms in total. The Morgan fingerprint density at radius 3 is 2.23 bits per heavy atom. The summed E-state index contributed by atoms with van der Waals surface area (Å²) in [5, 5.41) is 10.6. The smallest absolute Gasteiger partial charge is 0.149 e. The second-order valence-corrected chi connectivity index (χ2v) is 4.73. The van der Waals surface area contributed by atoms with Gasteiger partial charge in [0.25, 0.3) is 0 Å². The minimum atomic E-state index is -1.33. The van der Waals surface area contributed by atoms with Crippen LogP contribution >= 0.6 is 0 Å². The van der Waals surface area contributed by atoms with Gasteiger partial charge in [-0.3, -0.25) is 0 Å². The molecule has 0 aliphatic heterocycles. The van der Waals surface area contributed by atoms with Gasteiger partial charge in [-0.05, 0) is 35.4 Å². The van der Waals surface area contributed by atoms with Gasteiger partial charge in [0, 0.05) is 0 Å². The normalized spacial score (nSPS) is 10.4. The molecule has 4 heteroatoms. The molecule has 0 radical (unpaired) electrons. The van der Waals surface area contributed by atoms with Crippen LogP contribution in [0.4, 0.5) is 0 Å². The number of carboxylic acids is 1. The molecule has 110 valence electrons. The molecule has 0 unspecified atom stereocenters. The molecular weight excluding hydrogens is 280 g/mol. The van der Waals surface area contributed by atoms with Crippen LogP contribution in [0.5, 0.6) is 5.75 Å². The van der Waals surface area contributed by atoms with Crippen molar-refractivity contribution in [3.8, 4) is 16.9 Å². The number of furan rings is 1. The fraction of sp³-hybridized carbons (Fsp3) is 0.0556. The van der Waals surface area contributed by atoms with Crippen molar-refractivity contribution in [2.75, 3.05) is 0 Å². The second-order valence-electron chi connectivity index (χ2n) is 4.73. The SMILES string of the molecule is O=C([O-])c1ccc(COc2ccc(-c3ccccc3)cc2)o1. The van der Waals surface area contributed by atoms with Gasteiger partial charge in [-0.2, -0.15) is 0 Å². The highest BCUT2D eigenvalue weighted by Crippen LogP contribution is 2.22. The first-order valence-corrected chi connectivity index (χ1v) is 6.81. The number of ether oxygens (including phenoxy) is 1. The van der Waals surface area contributed by atoms with E-state index in [0.717, 1.165) is 11.1 Å². The van der Waals surface area contributed by atoms with Crippen molar-refractivity contribution < 1.29 is 19.1 Å². The fourth-order valence-corrected chi connectivity index (χ4v) is 2.09. The third-order valence-electron chi connectivity index (χ3n) is 3.21. The topological polar surface area (TPSA) is 62.5 Å². The maximum atomic E-state index is 10.6. The molecule has 0 fully saturated rings. The van der Waals surface area contributed by atoms with Crippen molar-refractivity contribution >= 4 is 5.97 Å². The largest absolute Gasteiger partial charge is 0.542 e. The quantitative estimate of drug-likeness (QED) is 0.725. The molecule has 1 aromatic heterocycles. The van der Waals surface area contributed by atoms with Crippen molar-refractivity contribution in [1.82, 2.24) is 0 Å². The zero-order valence-corrected chi connectivity index (χ0v) is 11.7. The molecule has 0 amide bonds. The van der Waals surface area contributed by atoms with E-state index >= 15 is 0 Å². The number of carbonyl (C=O) groups is 1. The first-order valence-electron chi connectivity index (χ1n) is 6.81. The van der Waals surface area contributed by atoms with E-state index in [9.17, 15) is 9.90 Å². The summed E-state index contributed by atoms with van der Waals surface area (Å²) in [5.41, 5.74) is 2.24. The Labute approximate surface area is 127 Å². The predicted molar refractivity (Wildman–Crippen MR) is 79.2 cm³/mol. The van der Waals surface area contributed by atoms with Crippen molar-refractivity contribution in [3.63, 3.8) is 0 Å². The average Bonchev–Trinajstić information content (AvgIpc) is 3.04. The molecular formula is C18H13O4-. The van der Waals surface area contributed by atoms with Crippen LogP contribution in [0.25, 0.3) is 11.1 Å². The lowest BCUT2D eigenvalue weighted by Gasteiger charge is -2.06. The number of carbonyl (C=O) groups excluding carboxylic acids is 1. The number of hydrogen-bond acceptors (Lipinski definition) is 4. The number of aromatic carboxylic acids is 1. The summed E-state index contributed by atoms with van der Waals surface area (Å²) >= 11 is 0. The maximum Gasteiger partial charge on any atom is 0.149 e. The van der Waals surface area contributed by atoms with Crippen LogP contribution in [0.15, 0.2) is 71.1 Å². The van der Waals surface area contributed by atoms with Gasteiger partial charge in [0.05, 0.1) is 0 Å². The van der Waals surface area contributed by atoms with Crippen LogP contribution in [0.2, 0.25) is 0 Å². The third-order valence-corrected chi connectivity index (χ3v) is 3.21. The number of rotatable bonds is 5. The summed E-state index contributed by atoms with van der Waals surface area (Å²) < 4.78 is 10.6. The molecule has 0 saturated heterocycles. The molecule has 0 bridgehead atoms. The Hall–Kier alpha value is -3.01. The summed E-state index contributed by atoms with van der Waals surface area (Å²) in [6.45, 7) is 0.165. The van der Waals surface area contributed by atoms with Gasteiger partial charge in [-0.15, -0.1) is 0 Å². The number of hydrogen-bond donors (Lipinski definition) is 0. The first-order chi connectivity index (χ1) is 10.7. The summed E-state index contributed by atoms with van der Waals surface area (Å²) in [4.78, 5) is 10.6. The molecule has 0 saturated carbocycles. The van der Waals surface area contributed by atoms with E-state index in [4.69, 9.17) is 9.15 Å². The highest BCUT2D eigenvalue weighted by atomic mass is 16.5. The zero-order valence-electron chi connectivity index (χ0n) is 11.7. The Bertz CT molecular complexity index is 757. The number of benzene rings is 2. The fourth-order valence-electron chi connectivity index (χ4n) is 2.09. The Morgan fingerprint density at radius 2 is 1.59 bits per heavy atom. The first kappa shape index (κ1) is 13.9. The van der Waals surface area contributed by atoms with Gasteiger partial charge in [-0.1, -0.05) is 42.5 Å². The third kappa shape index (κ3) is 3.17. The van der Waals surface area contributed by atoms with Crippen molar-refractivity contribution in [3.05, 3.63) is 78.3 Å². The van der Waals surface area contributed by atoms with Crippen LogP contribution in [-0.2, 0) is 6.61 Å². The Kier molecular flexibility index (Phi) is 3.92. The molecule has 0 atom stereocenters. The van der Waals surface area contributed by atoms with Crippen LogP contribution in [0, 0.1) is 0 Å². The number of carboxylic acid groups (broad SMARTS) is 1. The molecule has 0 N–H and O–H groups in total. The molecule has 3 aromatic rings. The van der Waals surface area contributed by atoms with Crippen LogP contribution in [0.3, 0.4) is 0 Å². The van der Waals surface area contributed by atoms with Gasteiger partial charge >= 0.3 is 0 Å². The van der Waals surface area contributed by atoms with Gasteiger partial charge in [0.2, 0.25) is 0 Å². The summed E-state index contributed by atoms with van der Waals surface area (Å²) in [5.74, 6) is -0.408. The Balaban J connectivity index is 1.65. The monoisotopic (exact) mass is 293 g/mol. The molecule has 3 rings (SSSR count). The van der Waals surface area contributed by atoms with Crippen molar-refractivity contribution in [1.29, 1.82) is 0 Å². The molecule has 1 heterocycles. The van der Waals surface area contributed by atoms with Gasteiger partial charge < -0.3 is 19.1 Å². The molecule has 2 aromatic carbocycles. The van der Waals surface area contributed by atoms with E-state index in [1.54, 1.807) is 6.07 Å². The maximum absolute atomic E-state index is 10.6. The minimum absolute atomic E-state index is 0.165. The van der Waals surface area contributed by atoms with Crippen LogP contribution < -0.4 is 9.84 Å². The van der Waals surface area contributed by atoms with Gasteiger partial charge in [-0.25, -0.2) is 0 Å². The van der Waals surface area contributed by atoms with Crippen molar-refractivity contribution in [2.24, 2.45) is 0 Å². The highest BCUT2D eigenvalue weighted by molar-refractivity contribution is 5.82. The standard InChI is InChI=1S/C18H14O4/c19-18(20)17-11-10-16(22-17)12-21-15-8-6-14(7-9-15)13-4-2-1-3-5-13/h1-11H,12H2,(H,19,20)/p-1. The highest BCUT2D eigenvalue weighted by Gasteiger charge is 2.04. The van der Waals surface area contributed by atoms with Crippen LogP contribution in [-0.4, -0.2) is 5.97 Å². The molecule has 22 heavy (non-hydrogen) atoms. The van der Waals surface area contributed by atoms with E-state index in [0.29, 0.717) is 11.5 Å². The summed E-state index contributed by atoms with van der Waals surface area (Å²) in [6, 6.07) is 20.6. The summed E-state index contributed by atoms with van der Waals surface area (Å²) in [6.07, 6.45) is 0. The minimum Gasteiger partial charge on any atom is -0.542 e. The lowest BCUT2D eigenvalue weighted by Crippen LogP contribution is -2.21. The lowest BCUT2D eigenvalue weighted by molar-refractivity contribution is -0.257. The van der Waals surface area contributed by atoms with E-state index in [1.165, 1.54) is 6.07 Å². The molecule has 0 aliphatic rings. The van der Waals surface area contributed by atoms with E-state index in [2.05, 4.69) is 0 Å². The lowest BCUT2D eigenvalue weighted by atomic mass is 10.1. The second kappa shape index (κ2) is 6.18. The summed E-state index contributed by atoms with van der Waals surface area (Å²) in [7, 11) is 0. The van der Waals surface area contributed by atoms with Crippen molar-refractivity contribution in [2.45, 2.75) is 6.61 Å². The van der Waals surface area contributed by atoms with E-state index in [1.807, 2.05) is 54.6 Å². The Morgan fingerprint density at radius 1 is 0.909 bits per heavy atom. The molecule has 0 spiro atoms. The van der Waals surface area contributed by atoms with E-state index < -0.39 is 5.97 Å². The predicted octanol–water partition coefficient (Wildman–Crippen LogP) is 2.89. The van der Waals surface area contributed by atoms with Gasteiger partial charge in [0.1, 0.15) is 29.8 Å². The average molecular weight is 293 g/mol. The van der Waals surface area contributed by atoms with E-state index in [-0.39, 0.29) is 12.4 Å². The zero-order chi connectivity index (χ0) is 15.4. The van der Waals surface area contributed by atoms with Gasteiger partial charge in [0.15, 0.2) is 0 Å². The molecule has 0 aliphatic carbocycles.